The molecule has 9 heteroatoms. The number of hydrogen-bond acceptors (Lipinski definition) is 5. The molecule has 2 atom stereocenters. The topological polar surface area (TPSA) is 74.2 Å². The minimum Gasteiger partial charge on any atom is -0.492 e. The summed E-state index contributed by atoms with van der Waals surface area (Å²) < 4.78 is 61.2. The van der Waals surface area contributed by atoms with Crippen molar-refractivity contribution < 1.29 is 42.0 Å². The smallest absolute Gasteiger partial charge is 0.492 e. The van der Waals surface area contributed by atoms with Gasteiger partial charge >= 0.3 is 12.3 Å². The molecule has 0 bridgehead atoms. The maximum atomic E-state index is 14.5. The molecule has 1 fully saturated rings. The Morgan fingerprint density at radius 2 is 2.14 bits per heavy atom. The molecule has 2 unspecified atom stereocenters. The van der Waals surface area contributed by atoms with E-state index in [0.29, 0.717) is 23.3 Å². The first-order valence-corrected chi connectivity index (χ1v) is 8.73. The lowest BCUT2D eigenvalue weighted by Gasteiger charge is -2.20. The standard InChI is InChI=1S/C19H17F3O6/c1-9-2-3-14-18(28-19(21,22)27-14)12(9)8-26-16-6-15-11(5-13(16)20)10(7-25-15)4-17(23)24/h3,5-6,9-10H,2,4,7-8H2,1H3,(H,23,24). The summed E-state index contributed by atoms with van der Waals surface area (Å²) in [5.41, 5.74) is 0.914. The van der Waals surface area contributed by atoms with E-state index in [1.165, 1.54) is 18.2 Å². The van der Waals surface area contributed by atoms with Crippen LogP contribution in [0.2, 0.25) is 0 Å². The van der Waals surface area contributed by atoms with Crippen molar-refractivity contribution in [2.45, 2.75) is 32.0 Å². The number of alkyl halides is 2. The van der Waals surface area contributed by atoms with Gasteiger partial charge in [0, 0.05) is 23.1 Å². The SMILES string of the molecule is CC1CC=C2OC(F)(F)OC2=C1COc1cc2c(cc1F)C(CC(=O)O)CO2. The van der Waals surface area contributed by atoms with Gasteiger partial charge in [0.25, 0.3) is 0 Å². The number of carbonyl (C=O) groups is 1. The predicted molar refractivity (Wildman–Crippen MR) is 88.4 cm³/mol. The zero-order valence-electron chi connectivity index (χ0n) is 14.8. The fourth-order valence-corrected chi connectivity index (χ4v) is 3.50. The van der Waals surface area contributed by atoms with Crippen molar-refractivity contribution in [3.8, 4) is 11.5 Å². The molecule has 0 spiro atoms. The van der Waals surface area contributed by atoms with Gasteiger partial charge in [-0.2, -0.15) is 0 Å². The van der Waals surface area contributed by atoms with Gasteiger partial charge < -0.3 is 24.1 Å². The normalized spacial score (nSPS) is 24.5. The molecular formula is C19H17F3O6. The summed E-state index contributed by atoms with van der Waals surface area (Å²) in [7, 11) is 0. The van der Waals surface area contributed by atoms with Gasteiger partial charge in [-0.3, -0.25) is 4.79 Å². The number of ether oxygens (including phenoxy) is 4. The zero-order chi connectivity index (χ0) is 20.1. The molecule has 4 rings (SSSR count). The fourth-order valence-electron chi connectivity index (χ4n) is 3.50. The van der Waals surface area contributed by atoms with E-state index in [0.717, 1.165) is 0 Å². The minimum atomic E-state index is -3.73. The van der Waals surface area contributed by atoms with Crippen molar-refractivity contribution in [2.24, 2.45) is 5.92 Å². The first kappa shape index (κ1) is 18.5. The molecule has 0 radical (unpaired) electrons. The molecular weight excluding hydrogens is 381 g/mol. The number of allylic oxidation sites excluding steroid dienone is 1. The van der Waals surface area contributed by atoms with Crippen LogP contribution < -0.4 is 9.47 Å². The molecule has 1 saturated heterocycles. The highest BCUT2D eigenvalue weighted by molar-refractivity contribution is 5.68. The van der Waals surface area contributed by atoms with Crippen LogP contribution in [0.3, 0.4) is 0 Å². The van der Waals surface area contributed by atoms with E-state index in [1.807, 2.05) is 6.92 Å². The monoisotopic (exact) mass is 398 g/mol. The van der Waals surface area contributed by atoms with Crippen LogP contribution in [0, 0.1) is 11.7 Å². The van der Waals surface area contributed by atoms with Gasteiger partial charge in [-0.15, -0.1) is 8.78 Å². The van der Waals surface area contributed by atoms with E-state index < -0.39 is 24.0 Å². The third-order valence-electron chi connectivity index (χ3n) is 4.97. The van der Waals surface area contributed by atoms with Crippen LogP contribution in [0.15, 0.2) is 35.3 Å². The van der Waals surface area contributed by atoms with E-state index in [2.05, 4.69) is 9.47 Å². The molecule has 150 valence electrons. The Kier molecular flexibility index (Phi) is 4.40. The van der Waals surface area contributed by atoms with Gasteiger partial charge in [-0.05, 0) is 24.5 Å². The number of carboxylic acid groups (broad SMARTS) is 1. The molecule has 28 heavy (non-hydrogen) atoms. The highest BCUT2D eigenvalue weighted by Gasteiger charge is 2.48. The van der Waals surface area contributed by atoms with Crippen molar-refractivity contribution in [1.29, 1.82) is 0 Å². The largest absolute Gasteiger partial charge is 0.586 e. The molecule has 1 aliphatic carbocycles. The van der Waals surface area contributed by atoms with Gasteiger partial charge in [0.1, 0.15) is 12.4 Å². The van der Waals surface area contributed by atoms with Crippen molar-refractivity contribution in [2.75, 3.05) is 13.2 Å². The second-order valence-electron chi connectivity index (χ2n) is 6.94. The van der Waals surface area contributed by atoms with Gasteiger partial charge in [0.05, 0.1) is 13.0 Å². The Hall–Kier alpha value is -2.84. The van der Waals surface area contributed by atoms with Crippen molar-refractivity contribution in [3.63, 3.8) is 0 Å². The Morgan fingerprint density at radius 3 is 2.89 bits per heavy atom. The third-order valence-corrected chi connectivity index (χ3v) is 4.97. The Morgan fingerprint density at radius 1 is 1.36 bits per heavy atom. The van der Waals surface area contributed by atoms with Gasteiger partial charge in [0.2, 0.25) is 0 Å². The second-order valence-corrected chi connectivity index (χ2v) is 6.94. The first-order chi connectivity index (χ1) is 13.2. The van der Waals surface area contributed by atoms with Crippen LogP contribution in [0.25, 0.3) is 0 Å². The highest BCUT2D eigenvalue weighted by atomic mass is 19.3. The summed E-state index contributed by atoms with van der Waals surface area (Å²) >= 11 is 0. The fraction of sp³-hybridized carbons (Fsp3) is 0.421. The molecule has 0 saturated carbocycles. The Bertz CT molecular complexity index is 892. The highest BCUT2D eigenvalue weighted by Crippen LogP contribution is 2.44. The van der Waals surface area contributed by atoms with Crippen LogP contribution >= 0.6 is 0 Å². The van der Waals surface area contributed by atoms with Crippen LogP contribution in [0.1, 0.15) is 31.2 Å². The lowest BCUT2D eigenvalue weighted by Crippen LogP contribution is -2.17. The molecule has 6 nitrogen and oxygen atoms in total. The summed E-state index contributed by atoms with van der Waals surface area (Å²) in [6.45, 7) is 1.80. The molecule has 0 aromatic heterocycles. The average molecular weight is 398 g/mol. The minimum absolute atomic E-state index is 0.0454. The van der Waals surface area contributed by atoms with Crippen LogP contribution in [-0.2, 0) is 14.3 Å². The Labute approximate surface area is 158 Å². The number of rotatable bonds is 5. The summed E-state index contributed by atoms with van der Waals surface area (Å²) in [6, 6.07) is 2.55. The van der Waals surface area contributed by atoms with Crippen LogP contribution in [0.4, 0.5) is 13.2 Å². The quantitative estimate of drug-likeness (QED) is 0.810. The molecule has 2 aliphatic heterocycles. The van der Waals surface area contributed by atoms with Crippen molar-refractivity contribution in [3.05, 3.63) is 46.7 Å². The van der Waals surface area contributed by atoms with E-state index in [1.54, 1.807) is 0 Å². The molecule has 1 N–H and O–H groups in total. The zero-order valence-corrected chi connectivity index (χ0v) is 14.8. The third kappa shape index (κ3) is 3.36. The molecule has 0 amide bonds. The summed E-state index contributed by atoms with van der Waals surface area (Å²) in [4.78, 5) is 10.9. The molecule has 1 aromatic rings. The van der Waals surface area contributed by atoms with E-state index in [-0.39, 0.29) is 42.8 Å². The first-order valence-electron chi connectivity index (χ1n) is 8.73. The van der Waals surface area contributed by atoms with Gasteiger partial charge in [-0.25, -0.2) is 4.39 Å². The van der Waals surface area contributed by atoms with E-state index >= 15 is 0 Å². The number of fused-ring (bicyclic) bond motifs is 2. The van der Waals surface area contributed by atoms with Crippen molar-refractivity contribution >= 4 is 5.97 Å². The number of carboxylic acids is 1. The molecule has 3 aliphatic rings. The van der Waals surface area contributed by atoms with Crippen LogP contribution in [0.5, 0.6) is 11.5 Å². The maximum absolute atomic E-state index is 14.5. The molecule has 1 aromatic carbocycles. The number of halogens is 3. The second kappa shape index (κ2) is 6.65. The maximum Gasteiger partial charge on any atom is 0.586 e. The van der Waals surface area contributed by atoms with E-state index in [9.17, 15) is 18.0 Å². The van der Waals surface area contributed by atoms with Gasteiger partial charge in [0.15, 0.2) is 23.1 Å². The summed E-state index contributed by atoms with van der Waals surface area (Å²) in [5.74, 6) is -2.15. The Balaban J connectivity index is 1.54. The summed E-state index contributed by atoms with van der Waals surface area (Å²) in [6.07, 6.45) is -1.91. The van der Waals surface area contributed by atoms with Crippen molar-refractivity contribution in [1.82, 2.24) is 0 Å². The number of hydrogen-bond donors (Lipinski definition) is 1. The molecule has 2 heterocycles. The predicted octanol–water partition coefficient (Wildman–Crippen LogP) is 3.93. The lowest BCUT2D eigenvalue weighted by molar-refractivity contribution is -0.326. The summed E-state index contributed by atoms with van der Waals surface area (Å²) in [5, 5.41) is 8.93. The van der Waals surface area contributed by atoms with Gasteiger partial charge in [-0.1, -0.05) is 6.92 Å². The average Bonchev–Trinajstić information content (AvgIpc) is 3.13. The number of aliphatic carboxylic acids is 1. The van der Waals surface area contributed by atoms with Crippen LogP contribution in [-0.4, -0.2) is 30.6 Å². The lowest BCUT2D eigenvalue weighted by atomic mass is 9.92. The van der Waals surface area contributed by atoms with E-state index in [4.69, 9.17) is 14.6 Å². The number of benzene rings is 1.